The Balaban J connectivity index is 1.65. The van der Waals surface area contributed by atoms with Crippen LogP contribution in [0.3, 0.4) is 0 Å². The fourth-order valence-electron chi connectivity index (χ4n) is 3.41. The maximum absolute atomic E-state index is 12.3. The number of carbonyl (C=O) groups is 2. The number of cyclic esters (lactones) is 1. The van der Waals surface area contributed by atoms with E-state index in [1.165, 1.54) is 9.80 Å². The molecule has 9 heteroatoms. The minimum atomic E-state index is -1.03. The normalized spacial score (nSPS) is 21.0. The molecule has 2 aliphatic rings. The van der Waals surface area contributed by atoms with Crippen LogP contribution >= 0.6 is 0 Å². The Labute approximate surface area is 167 Å². The van der Waals surface area contributed by atoms with Gasteiger partial charge in [-0.25, -0.2) is 9.59 Å². The molecule has 2 fully saturated rings. The Hall–Kier alpha value is -2.29. The molecular weight excluding hydrogens is 382 g/mol. The number of rotatable bonds is 4. The van der Waals surface area contributed by atoms with Crippen LogP contribution in [-0.2, 0) is 15.5 Å². The summed E-state index contributed by atoms with van der Waals surface area (Å²) in [5.74, 6) is 1.35. The molecule has 28 heavy (non-hydrogen) atoms. The molecule has 1 aromatic rings. The van der Waals surface area contributed by atoms with Gasteiger partial charge in [0.2, 0.25) is 0 Å². The van der Waals surface area contributed by atoms with Gasteiger partial charge in [-0.05, 0) is 45.0 Å². The molecule has 0 saturated carbocycles. The van der Waals surface area contributed by atoms with E-state index in [1.807, 2.05) is 45.0 Å². The van der Waals surface area contributed by atoms with Crippen LogP contribution in [0.1, 0.15) is 20.8 Å². The molecule has 2 amide bonds. The fourth-order valence-corrected chi connectivity index (χ4v) is 4.46. The number of nitrogens with zero attached hydrogens (tertiary/aromatic N) is 3. The number of anilines is 2. The Morgan fingerprint density at radius 3 is 2.32 bits per heavy atom. The number of amides is 2. The average molecular weight is 410 g/mol. The van der Waals surface area contributed by atoms with Gasteiger partial charge in [0.15, 0.2) is 0 Å². The number of benzene rings is 1. The Kier molecular flexibility index (Phi) is 5.83. The maximum atomic E-state index is 12.3. The van der Waals surface area contributed by atoms with Crippen LogP contribution in [0, 0.1) is 0 Å². The molecule has 0 unspecified atom stereocenters. The van der Waals surface area contributed by atoms with Crippen molar-refractivity contribution >= 4 is 34.4 Å². The van der Waals surface area contributed by atoms with E-state index in [0.717, 1.165) is 24.5 Å². The second kappa shape index (κ2) is 7.98. The lowest BCUT2D eigenvalue weighted by atomic mass is 10.1. The summed E-state index contributed by atoms with van der Waals surface area (Å²) < 4.78 is 16.9. The molecule has 0 radical (unpaired) electrons. The monoisotopic (exact) mass is 409 g/mol. The molecule has 8 nitrogen and oxygen atoms in total. The molecule has 3 rings (SSSR count). The van der Waals surface area contributed by atoms with Gasteiger partial charge in [0, 0.05) is 52.3 Å². The summed E-state index contributed by atoms with van der Waals surface area (Å²) in [6, 6.07) is 7.62. The van der Waals surface area contributed by atoms with Crippen LogP contribution in [0.5, 0.6) is 0 Å². The number of hydrogen-bond acceptors (Lipinski definition) is 5. The van der Waals surface area contributed by atoms with Crippen LogP contribution in [-0.4, -0.2) is 75.7 Å². The lowest BCUT2D eigenvalue weighted by Crippen LogP contribution is -2.49. The standard InChI is InChI=1S/C19H27N3O5S/c1-19(2,3)22(17(23)24)13-16-12-21(18(25)27-16)15-6-4-14(5-7-15)20-8-10-28(26)11-9-20/h4-7,16H,8-13H2,1-3H3,(H,23,24)/t16-/m0/s1. The first-order chi connectivity index (χ1) is 13.1. The van der Waals surface area contributed by atoms with Gasteiger partial charge in [0.1, 0.15) is 6.10 Å². The summed E-state index contributed by atoms with van der Waals surface area (Å²) in [6.45, 7) is 7.39. The predicted molar refractivity (Wildman–Crippen MR) is 109 cm³/mol. The Morgan fingerprint density at radius 1 is 1.21 bits per heavy atom. The number of carboxylic acid groups (broad SMARTS) is 1. The molecule has 1 N–H and O–H groups in total. The highest BCUT2D eigenvalue weighted by atomic mass is 32.2. The third-order valence-electron chi connectivity index (χ3n) is 5.01. The maximum Gasteiger partial charge on any atom is 0.414 e. The zero-order valence-corrected chi connectivity index (χ0v) is 17.3. The largest absolute Gasteiger partial charge is 0.465 e. The van der Waals surface area contributed by atoms with Crippen molar-refractivity contribution in [2.24, 2.45) is 0 Å². The van der Waals surface area contributed by atoms with Crippen molar-refractivity contribution in [3.8, 4) is 0 Å². The van der Waals surface area contributed by atoms with Crippen molar-refractivity contribution in [2.75, 3.05) is 47.5 Å². The summed E-state index contributed by atoms with van der Waals surface area (Å²) in [7, 11) is -0.722. The lowest BCUT2D eigenvalue weighted by molar-refractivity contribution is 0.0605. The second-order valence-corrected chi connectivity index (χ2v) is 9.73. The van der Waals surface area contributed by atoms with Gasteiger partial charge < -0.3 is 14.7 Å². The molecule has 1 aromatic carbocycles. The zero-order chi connectivity index (χ0) is 20.5. The van der Waals surface area contributed by atoms with Gasteiger partial charge in [-0.15, -0.1) is 0 Å². The van der Waals surface area contributed by atoms with Crippen LogP contribution < -0.4 is 9.80 Å². The minimum Gasteiger partial charge on any atom is -0.465 e. The van der Waals surface area contributed by atoms with Crippen LogP contribution in [0.4, 0.5) is 21.0 Å². The van der Waals surface area contributed by atoms with E-state index in [9.17, 15) is 18.9 Å². The summed E-state index contributed by atoms with van der Waals surface area (Å²) >= 11 is 0. The van der Waals surface area contributed by atoms with E-state index < -0.39 is 34.6 Å². The first-order valence-corrected chi connectivity index (χ1v) is 10.8. The van der Waals surface area contributed by atoms with Crippen LogP contribution in [0.2, 0.25) is 0 Å². The van der Waals surface area contributed by atoms with Crippen molar-refractivity contribution in [2.45, 2.75) is 32.4 Å². The van der Waals surface area contributed by atoms with Crippen molar-refractivity contribution in [1.29, 1.82) is 0 Å². The topological polar surface area (TPSA) is 90.4 Å². The lowest BCUT2D eigenvalue weighted by Gasteiger charge is -2.34. The minimum absolute atomic E-state index is 0.129. The predicted octanol–water partition coefficient (Wildman–Crippen LogP) is 2.36. The summed E-state index contributed by atoms with van der Waals surface area (Å²) in [4.78, 5) is 28.8. The summed E-state index contributed by atoms with van der Waals surface area (Å²) in [6.07, 6.45) is -2.02. The average Bonchev–Trinajstić information content (AvgIpc) is 3.00. The highest BCUT2D eigenvalue weighted by Gasteiger charge is 2.37. The van der Waals surface area contributed by atoms with Gasteiger partial charge in [-0.1, -0.05) is 0 Å². The number of hydrogen-bond donors (Lipinski definition) is 1. The fraction of sp³-hybridized carbons (Fsp3) is 0.579. The quantitative estimate of drug-likeness (QED) is 0.821. The van der Waals surface area contributed by atoms with E-state index in [-0.39, 0.29) is 6.54 Å². The third kappa shape index (κ3) is 4.57. The first kappa shape index (κ1) is 20.4. The molecule has 0 aliphatic carbocycles. The highest BCUT2D eigenvalue weighted by Crippen LogP contribution is 2.26. The van der Waals surface area contributed by atoms with E-state index >= 15 is 0 Å². The highest BCUT2D eigenvalue weighted by molar-refractivity contribution is 7.85. The van der Waals surface area contributed by atoms with Crippen molar-refractivity contribution in [3.05, 3.63) is 24.3 Å². The molecule has 1 atom stereocenters. The molecule has 2 heterocycles. The van der Waals surface area contributed by atoms with E-state index in [1.54, 1.807) is 0 Å². The summed E-state index contributed by atoms with van der Waals surface area (Å²) in [5.41, 5.74) is 1.18. The summed E-state index contributed by atoms with van der Waals surface area (Å²) in [5, 5.41) is 9.44. The van der Waals surface area contributed by atoms with Crippen molar-refractivity contribution in [3.63, 3.8) is 0 Å². The van der Waals surface area contributed by atoms with Gasteiger partial charge in [-0.2, -0.15) is 0 Å². The molecule has 2 aliphatic heterocycles. The molecule has 0 spiro atoms. The molecule has 154 valence electrons. The van der Waals surface area contributed by atoms with Gasteiger partial charge in [-0.3, -0.25) is 14.0 Å². The smallest absolute Gasteiger partial charge is 0.414 e. The Bertz CT molecular complexity index is 752. The third-order valence-corrected chi connectivity index (χ3v) is 6.28. The van der Waals surface area contributed by atoms with E-state index in [2.05, 4.69) is 4.90 Å². The van der Waals surface area contributed by atoms with Gasteiger partial charge in [0.25, 0.3) is 0 Å². The van der Waals surface area contributed by atoms with Crippen molar-refractivity contribution in [1.82, 2.24) is 4.90 Å². The SMILES string of the molecule is CC(C)(C)N(C[C@@H]1CN(c2ccc(N3CCS(=O)CC3)cc2)C(=O)O1)C(=O)O. The van der Waals surface area contributed by atoms with Gasteiger partial charge in [0.05, 0.1) is 13.1 Å². The number of ether oxygens (including phenoxy) is 1. The first-order valence-electron chi connectivity index (χ1n) is 9.34. The van der Waals surface area contributed by atoms with E-state index in [0.29, 0.717) is 18.1 Å². The van der Waals surface area contributed by atoms with Crippen LogP contribution in [0.25, 0.3) is 0 Å². The van der Waals surface area contributed by atoms with Gasteiger partial charge >= 0.3 is 12.2 Å². The molecule has 2 saturated heterocycles. The van der Waals surface area contributed by atoms with Crippen LogP contribution in [0.15, 0.2) is 24.3 Å². The molecular formula is C19H27N3O5S. The Morgan fingerprint density at radius 2 is 1.79 bits per heavy atom. The number of carbonyl (C=O) groups excluding carboxylic acids is 1. The molecule has 0 bridgehead atoms. The van der Waals surface area contributed by atoms with Crippen molar-refractivity contribution < 1.29 is 23.6 Å². The second-order valence-electron chi connectivity index (χ2n) is 8.03. The zero-order valence-electron chi connectivity index (χ0n) is 16.5. The van der Waals surface area contributed by atoms with E-state index in [4.69, 9.17) is 4.74 Å². The molecule has 0 aromatic heterocycles.